The van der Waals surface area contributed by atoms with Crippen LogP contribution in [0.3, 0.4) is 0 Å². The molecule has 2 heterocycles. The van der Waals surface area contributed by atoms with Crippen molar-refractivity contribution in [2.24, 2.45) is 5.73 Å². The van der Waals surface area contributed by atoms with Crippen LogP contribution in [-0.4, -0.2) is 35.2 Å². The maximum Gasteiger partial charge on any atom is 0.255 e. The molecule has 2 aliphatic rings. The highest BCUT2D eigenvalue weighted by Crippen LogP contribution is 2.29. The standard InChI is InChI=1S/C19H21N3O3/c20-11-4-2-1-3-6-13-7-5-8-14-15(13)12-22(19(14)25)16-9-10-17(23)21-18(16)24/h5,7-8,16H,1-2,4,9-12,20H2,(H,21,23,24). The third-order valence-corrected chi connectivity index (χ3v) is 4.56. The van der Waals surface area contributed by atoms with E-state index in [4.69, 9.17) is 5.73 Å². The molecular weight excluding hydrogens is 318 g/mol. The predicted octanol–water partition coefficient (Wildman–Crippen LogP) is 0.928. The van der Waals surface area contributed by atoms with E-state index in [1.165, 1.54) is 0 Å². The molecule has 25 heavy (non-hydrogen) atoms. The number of hydrogen-bond acceptors (Lipinski definition) is 4. The Kier molecular flexibility index (Phi) is 5.15. The van der Waals surface area contributed by atoms with Crippen LogP contribution in [0.1, 0.15) is 53.6 Å². The summed E-state index contributed by atoms with van der Waals surface area (Å²) >= 11 is 0. The first-order valence-corrected chi connectivity index (χ1v) is 8.57. The van der Waals surface area contributed by atoms with Crippen molar-refractivity contribution in [2.45, 2.75) is 44.7 Å². The molecule has 6 heteroatoms. The first-order valence-electron chi connectivity index (χ1n) is 8.57. The number of benzene rings is 1. The van der Waals surface area contributed by atoms with E-state index in [0.29, 0.717) is 25.1 Å². The minimum atomic E-state index is -0.594. The second-order valence-electron chi connectivity index (χ2n) is 6.28. The molecule has 3 amide bonds. The van der Waals surface area contributed by atoms with Gasteiger partial charge in [-0.2, -0.15) is 0 Å². The normalized spacial score (nSPS) is 19.3. The fourth-order valence-electron chi connectivity index (χ4n) is 3.22. The SMILES string of the molecule is NCCCCC#Cc1cccc2c1CN(C1CCC(=O)NC1=O)C2=O. The Morgan fingerprint density at radius 3 is 2.84 bits per heavy atom. The highest BCUT2D eigenvalue weighted by Gasteiger charge is 2.39. The van der Waals surface area contributed by atoms with E-state index in [1.807, 2.05) is 12.1 Å². The molecule has 3 rings (SSSR count). The molecule has 1 aromatic carbocycles. The Balaban J connectivity index is 1.78. The fourth-order valence-corrected chi connectivity index (χ4v) is 3.22. The number of unbranched alkanes of at least 4 members (excludes halogenated alkanes) is 2. The summed E-state index contributed by atoms with van der Waals surface area (Å²) in [5, 5.41) is 2.31. The summed E-state index contributed by atoms with van der Waals surface area (Å²) in [6.07, 6.45) is 3.30. The van der Waals surface area contributed by atoms with Gasteiger partial charge < -0.3 is 10.6 Å². The number of amides is 3. The molecule has 130 valence electrons. The van der Waals surface area contributed by atoms with E-state index in [9.17, 15) is 14.4 Å². The van der Waals surface area contributed by atoms with Gasteiger partial charge >= 0.3 is 0 Å². The summed E-state index contributed by atoms with van der Waals surface area (Å²) in [6.45, 7) is 1.02. The van der Waals surface area contributed by atoms with Crippen LogP contribution in [0.2, 0.25) is 0 Å². The third-order valence-electron chi connectivity index (χ3n) is 4.56. The molecule has 0 bridgehead atoms. The first kappa shape index (κ1) is 17.2. The van der Waals surface area contributed by atoms with Gasteiger partial charge in [0.15, 0.2) is 0 Å². The van der Waals surface area contributed by atoms with E-state index < -0.39 is 11.9 Å². The lowest BCUT2D eigenvalue weighted by Crippen LogP contribution is -2.52. The average Bonchev–Trinajstić information content (AvgIpc) is 2.92. The maximum atomic E-state index is 12.7. The van der Waals surface area contributed by atoms with Gasteiger partial charge in [0.25, 0.3) is 5.91 Å². The molecule has 0 spiro atoms. The van der Waals surface area contributed by atoms with Crippen LogP contribution in [-0.2, 0) is 16.1 Å². The van der Waals surface area contributed by atoms with Crippen molar-refractivity contribution in [3.8, 4) is 11.8 Å². The maximum absolute atomic E-state index is 12.7. The second-order valence-corrected chi connectivity index (χ2v) is 6.28. The predicted molar refractivity (Wildman–Crippen MR) is 92.3 cm³/mol. The van der Waals surface area contributed by atoms with E-state index in [1.54, 1.807) is 11.0 Å². The van der Waals surface area contributed by atoms with E-state index in [0.717, 1.165) is 30.4 Å². The van der Waals surface area contributed by atoms with Gasteiger partial charge in [0, 0.05) is 30.5 Å². The molecule has 2 aliphatic heterocycles. The monoisotopic (exact) mass is 339 g/mol. The van der Waals surface area contributed by atoms with Crippen LogP contribution < -0.4 is 11.1 Å². The number of imide groups is 1. The third kappa shape index (κ3) is 3.57. The summed E-state index contributed by atoms with van der Waals surface area (Å²) < 4.78 is 0. The van der Waals surface area contributed by atoms with Gasteiger partial charge in [-0.3, -0.25) is 19.7 Å². The van der Waals surface area contributed by atoms with Crippen molar-refractivity contribution in [1.29, 1.82) is 0 Å². The van der Waals surface area contributed by atoms with Gasteiger partial charge in [-0.25, -0.2) is 0 Å². The molecule has 1 atom stereocenters. The van der Waals surface area contributed by atoms with Crippen molar-refractivity contribution < 1.29 is 14.4 Å². The molecule has 1 fully saturated rings. The van der Waals surface area contributed by atoms with E-state index in [-0.39, 0.29) is 18.2 Å². The highest BCUT2D eigenvalue weighted by atomic mass is 16.2. The molecule has 0 radical (unpaired) electrons. The zero-order valence-corrected chi connectivity index (χ0v) is 14.0. The number of piperidine rings is 1. The van der Waals surface area contributed by atoms with E-state index >= 15 is 0 Å². The Bertz CT molecular complexity index is 776. The Hall–Kier alpha value is -2.65. The molecule has 0 aliphatic carbocycles. The van der Waals surface area contributed by atoms with Crippen LogP contribution in [0.25, 0.3) is 0 Å². The highest BCUT2D eigenvalue weighted by molar-refractivity contribution is 6.05. The lowest BCUT2D eigenvalue weighted by atomic mass is 10.0. The molecule has 0 aromatic heterocycles. The van der Waals surface area contributed by atoms with Crippen molar-refractivity contribution in [3.05, 3.63) is 34.9 Å². The molecule has 6 nitrogen and oxygen atoms in total. The van der Waals surface area contributed by atoms with Crippen LogP contribution in [0.5, 0.6) is 0 Å². The largest absolute Gasteiger partial charge is 0.330 e. The summed E-state index contributed by atoms with van der Waals surface area (Å²) in [4.78, 5) is 37.6. The number of carbonyl (C=O) groups excluding carboxylic acids is 3. The quantitative estimate of drug-likeness (QED) is 0.485. The molecule has 0 saturated carbocycles. The molecular formula is C19H21N3O3. The Labute approximate surface area is 146 Å². The lowest BCUT2D eigenvalue weighted by molar-refractivity contribution is -0.136. The number of fused-ring (bicyclic) bond motifs is 1. The van der Waals surface area contributed by atoms with E-state index in [2.05, 4.69) is 17.2 Å². The Morgan fingerprint density at radius 2 is 2.08 bits per heavy atom. The zero-order valence-electron chi connectivity index (χ0n) is 14.0. The van der Waals surface area contributed by atoms with Crippen molar-refractivity contribution >= 4 is 17.7 Å². The number of hydrogen-bond donors (Lipinski definition) is 2. The fraction of sp³-hybridized carbons (Fsp3) is 0.421. The minimum absolute atomic E-state index is 0.170. The van der Waals surface area contributed by atoms with Gasteiger partial charge in [0.05, 0.1) is 0 Å². The van der Waals surface area contributed by atoms with Crippen molar-refractivity contribution in [1.82, 2.24) is 10.2 Å². The number of carbonyl (C=O) groups is 3. The van der Waals surface area contributed by atoms with Crippen LogP contribution in [0.4, 0.5) is 0 Å². The molecule has 1 unspecified atom stereocenters. The summed E-state index contributed by atoms with van der Waals surface area (Å²) in [6, 6.07) is 4.89. The second kappa shape index (κ2) is 7.49. The summed E-state index contributed by atoms with van der Waals surface area (Å²) in [7, 11) is 0. The van der Waals surface area contributed by atoms with Gasteiger partial charge in [-0.1, -0.05) is 17.9 Å². The molecule has 3 N–H and O–H groups in total. The lowest BCUT2D eigenvalue weighted by Gasteiger charge is -2.29. The van der Waals surface area contributed by atoms with Crippen molar-refractivity contribution in [3.63, 3.8) is 0 Å². The average molecular weight is 339 g/mol. The molecule has 1 saturated heterocycles. The summed E-state index contributed by atoms with van der Waals surface area (Å²) in [5.41, 5.74) is 7.76. The van der Waals surface area contributed by atoms with Crippen molar-refractivity contribution in [2.75, 3.05) is 6.54 Å². The zero-order chi connectivity index (χ0) is 17.8. The number of rotatable bonds is 4. The summed E-state index contributed by atoms with van der Waals surface area (Å²) in [5.74, 6) is 5.42. The molecule has 1 aromatic rings. The van der Waals surface area contributed by atoms with Gasteiger partial charge in [0.1, 0.15) is 6.04 Å². The van der Waals surface area contributed by atoms with Crippen LogP contribution in [0.15, 0.2) is 18.2 Å². The topological polar surface area (TPSA) is 92.5 Å². The number of nitrogens with one attached hydrogen (secondary N) is 1. The minimum Gasteiger partial charge on any atom is -0.330 e. The first-order chi connectivity index (χ1) is 12.1. The van der Waals surface area contributed by atoms with Gasteiger partial charge in [0.2, 0.25) is 11.8 Å². The smallest absolute Gasteiger partial charge is 0.255 e. The van der Waals surface area contributed by atoms with Gasteiger partial charge in [-0.05, 0) is 43.5 Å². The number of nitrogens with zero attached hydrogens (tertiary/aromatic N) is 1. The number of nitrogens with two attached hydrogens (primary N) is 1. The van der Waals surface area contributed by atoms with Crippen LogP contribution >= 0.6 is 0 Å². The van der Waals surface area contributed by atoms with Crippen LogP contribution in [0, 0.1) is 11.8 Å². The van der Waals surface area contributed by atoms with Gasteiger partial charge in [-0.15, -0.1) is 0 Å². The Morgan fingerprint density at radius 1 is 1.24 bits per heavy atom.